The lowest BCUT2D eigenvalue weighted by Crippen LogP contribution is -2.46. The zero-order valence-corrected chi connectivity index (χ0v) is 26.7. The van der Waals surface area contributed by atoms with Gasteiger partial charge in [0.25, 0.3) is 0 Å². The number of nitrogens with one attached hydrogen (secondary N) is 2. The molecule has 2 unspecified atom stereocenters. The highest BCUT2D eigenvalue weighted by molar-refractivity contribution is 5.89. The molecular formula is C34H52N2O4. The molecule has 0 aliphatic heterocycles. The van der Waals surface area contributed by atoms with Crippen molar-refractivity contribution in [1.29, 1.82) is 0 Å². The summed E-state index contributed by atoms with van der Waals surface area (Å²) in [7, 11) is 0. The molecule has 4 N–H and O–H groups in total. The smallest absolute Gasteiger partial charge is 0.245 e. The second kappa shape index (κ2) is 11.8. The highest BCUT2D eigenvalue weighted by Crippen LogP contribution is 2.38. The first-order chi connectivity index (χ1) is 18.0. The van der Waals surface area contributed by atoms with E-state index in [1.807, 2.05) is 53.7 Å². The first kappa shape index (κ1) is 33.2. The minimum absolute atomic E-state index is 0.157. The van der Waals surface area contributed by atoms with E-state index in [9.17, 15) is 19.8 Å². The van der Waals surface area contributed by atoms with Crippen LogP contribution >= 0.6 is 0 Å². The molecule has 6 nitrogen and oxygen atoms in total. The van der Waals surface area contributed by atoms with Gasteiger partial charge in [-0.1, -0.05) is 107 Å². The van der Waals surface area contributed by atoms with Crippen molar-refractivity contribution in [3.05, 3.63) is 58.7 Å². The number of carbonyl (C=O) groups is 2. The SMILES string of the molecule is CC(C)(C)CC(C(=O)NNC(=O)C(CC(C)(C)C)c1ccc(O)c(C(C)(C)C)c1)c1ccc(O)c(C(C)(C)C)c1. The van der Waals surface area contributed by atoms with E-state index in [0.717, 1.165) is 22.3 Å². The van der Waals surface area contributed by atoms with Crippen molar-refractivity contribution >= 4 is 11.8 Å². The standard InChI is InChI=1S/C34H52N2O4/c1-31(2,3)19-23(21-13-15-27(37)25(17-21)33(7,8)9)29(39)35-36-30(40)24(20-32(4,5)6)22-14-16-28(38)26(18-22)34(10,11)12/h13-18,23-24,37-38H,19-20H2,1-12H3,(H,35,39)(H,36,40). The molecule has 2 rings (SSSR count). The van der Waals surface area contributed by atoms with Crippen molar-refractivity contribution in [1.82, 2.24) is 10.9 Å². The second-order valence-electron chi connectivity index (χ2n) is 15.7. The summed E-state index contributed by atoms with van der Waals surface area (Å²) in [5, 5.41) is 21.0. The quantitative estimate of drug-likeness (QED) is 0.278. The third kappa shape index (κ3) is 9.28. The van der Waals surface area contributed by atoms with Crippen LogP contribution in [0.5, 0.6) is 11.5 Å². The molecule has 2 atom stereocenters. The van der Waals surface area contributed by atoms with Crippen molar-refractivity contribution in [2.24, 2.45) is 10.8 Å². The molecule has 0 saturated heterocycles. The molecule has 6 heteroatoms. The Morgan fingerprint density at radius 1 is 0.600 bits per heavy atom. The van der Waals surface area contributed by atoms with E-state index >= 15 is 0 Å². The molecule has 0 aliphatic rings. The van der Waals surface area contributed by atoms with Crippen LogP contribution in [0.15, 0.2) is 36.4 Å². The minimum atomic E-state index is -0.524. The van der Waals surface area contributed by atoms with Gasteiger partial charge in [-0.25, -0.2) is 0 Å². The van der Waals surface area contributed by atoms with Gasteiger partial charge < -0.3 is 10.2 Å². The number of rotatable bonds is 6. The Kier molecular flexibility index (Phi) is 9.82. The number of hydrogen-bond donors (Lipinski definition) is 4. The molecule has 0 aromatic heterocycles. The maximum atomic E-state index is 13.6. The van der Waals surface area contributed by atoms with E-state index in [0.29, 0.717) is 12.8 Å². The van der Waals surface area contributed by atoms with Gasteiger partial charge in [-0.05, 0) is 68.9 Å². The van der Waals surface area contributed by atoms with Gasteiger partial charge in [-0.3, -0.25) is 20.4 Å². The predicted octanol–water partition coefficient (Wildman–Crippen LogP) is 7.58. The molecule has 0 saturated carbocycles. The van der Waals surface area contributed by atoms with E-state index in [4.69, 9.17) is 0 Å². The Balaban J connectivity index is 2.40. The molecule has 0 bridgehead atoms. The second-order valence-corrected chi connectivity index (χ2v) is 15.7. The number of benzene rings is 2. The van der Waals surface area contributed by atoms with Crippen LogP contribution in [0.25, 0.3) is 0 Å². The van der Waals surface area contributed by atoms with Crippen LogP contribution in [-0.4, -0.2) is 22.0 Å². The lowest BCUT2D eigenvalue weighted by atomic mass is 9.78. The summed E-state index contributed by atoms with van der Waals surface area (Å²) in [6.07, 6.45) is 1.11. The van der Waals surface area contributed by atoms with Crippen LogP contribution in [0, 0.1) is 10.8 Å². The molecular weight excluding hydrogens is 500 g/mol. The van der Waals surface area contributed by atoms with Gasteiger partial charge in [0.1, 0.15) is 11.5 Å². The van der Waals surface area contributed by atoms with Crippen LogP contribution in [-0.2, 0) is 20.4 Å². The van der Waals surface area contributed by atoms with Gasteiger partial charge >= 0.3 is 0 Å². The van der Waals surface area contributed by atoms with Crippen LogP contribution in [0.3, 0.4) is 0 Å². The zero-order chi connectivity index (χ0) is 30.8. The molecule has 40 heavy (non-hydrogen) atoms. The van der Waals surface area contributed by atoms with Gasteiger partial charge in [0, 0.05) is 0 Å². The maximum absolute atomic E-state index is 13.6. The van der Waals surface area contributed by atoms with Crippen molar-refractivity contribution in [3.8, 4) is 11.5 Å². The Hall–Kier alpha value is -3.02. The van der Waals surface area contributed by atoms with E-state index in [1.165, 1.54) is 0 Å². The van der Waals surface area contributed by atoms with E-state index in [1.54, 1.807) is 24.3 Å². The molecule has 222 valence electrons. The van der Waals surface area contributed by atoms with E-state index in [2.05, 4.69) is 52.4 Å². The van der Waals surface area contributed by atoms with Crippen molar-refractivity contribution < 1.29 is 19.8 Å². The predicted molar refractivity (Wildman–Crippen MR) is 164 cm³/mol. The topological polar surface area (TPSA) is 98.7 Å². The van der Waals surface area contributed by atoms with Crippen molar-refractivity contribution in [2.45, 2.75) is 119 Å². The van der Waals surface area contributed by atoms with Crippen LogP contribution in [0.4, 0.5) is 0 Å². The average Bonchev–Trinajstić information content (AvgIpc) is 2.77. The molecule has 0 radical (unpaired) electrons. The summed E-state index contributed by atoms with van der Waals surface area (Å²) >= 11 is 0. The molecule has 2 aromatic carbocycles. The monoisotopic (exact) mass is 552 g/mol. The Morgan fingerprint density at radius 2 is 0.900 bits per heavy atom. The largest absolute Gasteiger partial charge is 0.508 e. The van der Waals surface area contributed by atoms with Crippen molar-refractivity contribution in [2.75, 3.05) is 0 Å². The fraction of sp³-hybridized carbons (Fsp3) is 0.588. The van der Waals surface area contributed by atoms with Crippen LogP contribution < -0.4 is 10.9 Å². The highest BCUT2D eigenvalue weighted by atomic mass is 16.3. The lowest BCUT2D eigenvalue weighted by molar-refractivity contribution is -0.131. The fourth-order valence-electron chi connectivity index (χ4n) is 4.99. The van der Waals surface area contributed by atoms with Crippen molar-refractivity contribution in [3.63, 3.8) is 0 Å². The number of phenolic OH excluding ortho intramolecular Hbond substituents is 2. The molecule has 2 amide bonds. The van der Waals surface area contributed by atoms with Crippen LogP contribution in [0.1, 0.15) is 130 Å². The maximum Gasteiger partial charge on any atom is 0.245 e. The number of amides is 2. The summed E-state index contributed by atoms with van der Waals surface area (Å²) in [5.74, 6) is -1.25. The molecule has 0 spiro atoms. The van der Waals surface area contributed by atoms with Crippen LogP contribution in [0.2, 0.25) is 0 Å². The normalized spacial score (nSPS) is 14.4. The Bertz CT molecular complexity index is 1110. The Labute approximate surface area is 241 Å². The number of aromatic hydroxyl groups is 2. The molecule has 0 aliphatic carbocycles. The van der Waals surface area contributed by atoms with Gasteiger partial charge in [-0.2, -0.15) is 0 Å². The number of hydrogen-bond acceptors (Lipinski definition) is 4. The molecule has 0 fully saturated rings. The highest BCUT2D eigenvalue weighted by Gasteiger charge is 2.32. The number of phenols is 2. The summed E-state index contributed by atoms with van der Waals surface area (Å²) in [4.78, 5) is 27.2. The fourth-order valence-corrected chi connectivity index (χ4v) is 4.99. The average molecular weight is 553 g/mol. The summed E-state index contributed by atoms with van der Waals surface area (Å²) in [5.41, 5.74) is 7.66. The third-order valence-electron chi connectivity index (χ3n) is 7.04. The van der Waals surface area contributed by atoms with E-state index in [-0.39, 0.29) is 45.0 Å². The summed E-state index contributed by atoms with van der Waals surface area (Å²) in [6.45, 7) is 24.6. The number of hydrazine groups is 1. The first-order valence-electron chi connectivity index (χ1n) is 14.3. The summed E-state index contributed by atoms with van der Waals surface area (Å²) in [6, 6.07) is 10.7. The number of carbonyl (C=O) groups excluding carboxylic acids is 2. The molecule has 0 heterocycles. The van der Waals surface area contributed by atoms with E-state index < -0.39 is 11.8 Å². The van der Waals surface area contributed by atoms with Gasteiger partial charge in [0.15, 0.2) is 0 Å². The third-order valence-corrected chi connectivity index (χ3v) is 7.04. The zero-order valence-electron chi connectivity index (χ0n) is 26.7. The van der Waals surface area contributed by atoms with Gasteiger partial charge in [0.05, 0.1) is 11.8 Å². The van der Waals surface area contributed by atoms with Gasteiger partial charge in [-0.15, -0.1) is 0 Å². The minimum Gasteiger partial charge on any atom is -0.508 e. The first-order valence-corrected chi connectivity index (χ1v) is 14.3. The Morgan fingerprint density at radius 3 is 1.15 bits per heavy atom. The lowest BCUT2D eigenvalue weighted by Gasteiger charge is -2.29. The molecule has 2 aromatic rings. The van der Waals surface area contributed by atoms with Gasteiger partial charge in [0.2, 0.25) is 11.8 Å². The summed E-state index contributed by atoms with van der Waals surface area (Å²) < 4.78 is 0.